The quantitative estimate of drug-likeness (QED) is 0.107. The average molecular weight is 916 g/mol. The highest BCUT2D eigenvalue weighted by molar-refractivity contribution is 7.20. The molecule has 0 unspecified atom stereocenters. The summed E-state index contributed by atoms with van der Waals surface area (Å²) in [5.74, 6) is 2.74. The van der Waals surface area contributed by atoms with Gasteiger partial charge in [-0.05, 0) is 87.5 Å². The van der Waals surface area contributed by atoms with Crippen molar-refractivity contribution in [3.8, 4) is 17.2 Å². The van der Waals surface area contributed by atoms with Gasteiger partial charge in [-0.1, -0.05) is 172 Å². The monoisotopic (exact) mass is 915 g/mol. The van der Waals surface area contributed by atoms with Crippen molar-refractivity contribution in [1.29, 1.82) is 0 Å². The molecule has 6 nitrogen and oxygen atoms in total. The van der Waals surface area contributed by atoms with Crippen LogP contribution in [-0.2, 0) is 4.66 Å². The molecular weight excluding hydrogens is 867 g/mol. The first-order valence-corrected chi connectivity index (χ1v) is 31.1. The summed E-state index contributed by atoms with van der Waals surface area (Å²) >= 11 is 0. The normalized spacial score (nSPS) is 13.6. The summed E-state index contributed by atoms with van der Waals surface area (Å²) in [4.78, 5) is 15.8. The van der Waals surface area contributed by atoms with Crippen LogP contribution in [0.2, 0.25) is 26.2 Å². The highest BCUT2D eigenvalue weighted by Crippen LogP contribution is 2.56. The fourth-order valence-electron chi connectivity index (χ4n) is 12.2. The Hall–Kier alpha value is -7.44. The van der Waals surface area contributed by atoms with E-state index in [0.29, 0.717) is 0 Å². The van der Waals surface area contributed by atoms with E-state index < -0.39 is 28.9 Å². The van der Waals surface area contributed by atoms with Gasteiger partial charge in [0.2, 0.25) is 5.78 Å². The van der Waals surface area contributed by atoms with Gasteiger partial charge in [0.25, 0.3) is 0 Å². The maximum absolute atomic E-state index is 7.67. The predicted molar refractivity (Wildman–Crippen MR) is 283 cm³/mol. The molecule has 4 aromatic heterocycles. The van der Waals surface area contributed by atoms with E-state index in [2.05, 4.69) is 235 Å². The third-order valence-electron chi connectivity index (χ3n) is 14.9. The Morgan fingerprint density at radius 3 is 1.66 bits per heavy atom. The van der Waals surface area contributed by atoms with Crippen LogP contribution in [0.15, 0.2) is 225 Å². The summed E-state index contributed by atoms with van der Waals surface area (Å²) in [6.07, 6.45) is 3.94. The Balaban J connectivity index is 1.22. The van der Waals surface area contributed by atoms with Gasteiger partial charge in [0.15, 0.2) is 8.07 Å². The van der Waals surface area contributed by atoms with Crippen molar-refractivity contribution in [2.45, 2.75) is 30.8 Å². The van der Waals surface area contributed by atoms with Gasteiger partial charge in [-0.2, -0.15) is 0 Å². The van der Waals surface area contributed by atoms with E-state index in [9.17, 15) is 0 Å². The van der Waals surface area contributed by atoms with Crippen LogP contribution in [0.1, 0.15) is 11.1 Å². The minimum absolute atomic E-state index is 0.489. The van der Waals surface area contributed by atoms with Crippen LogP contribution >= 0.6 is 0 Å². The lowest BCUT2D eigenvalue weighted by atomic mass is 9.98. The number of pyridine rings is 2. The van der Waals surface area contributed by atoms with Gasteiger partial charge in [-0.25, -0.2) is 4.98 Å². The number of fused-ring (bicyclic) bond motifs is 7. The molecule has 0 N–H and O–H groups in total. The number of rotatable bonds is 9. The van der Waals surface area contributed by atoms with Crippen LogP contribution in [-0.4, -0.2) is 48.1 Å². The standard InChI is InChI=1S/C58H49N5OSi3/c1-65(2,54-37-17-19-39-59-54)58(66(3,4)55-38-18-20-40-60-55)46-29-11-16-35-52(46)64-56-47(58)30-22-36-53(56)67(43-24-7-5-8-25-43,44-26-9-6-10-27-44)45-28-21-23-42(41-45)62-50-33-14-15-34-51(50)63-49-32-13-12-31-48(49)61-57(62)63/h5-41H,1-4H3. The van der Waals surface area contributed by atoms with Gasteiger partial charge in [-0.3, -0.25) is 18.9 Å². The zero-order valence-corrected chi connectivity index (χ0v) is 41.0. The number of ether oxygens (including phenoxy) is 1. The lowest BCUT2D eigenvalue weighted by Crippen LogP contribution is -2.78. The van der Waals surface area contributed by atoms with E-state index in [1.165, 1.54) is 42.5 Å². The molecule has 0 aliphatic carbocycles. The first kappa shape index (κ1) is 41.0. The van der Waals surface area contributed by atoms with E-state index >= 15 is 0 Å². The van der Waals surface area contributed by atoms with Crippen molar-refractivity contribution in [2.75, 3.05) is 0 Å². The molecule has 324 valence electrons. The van der Waals surface area contributed by atoms with Crippen LogP contribution in [0.5, 0.6) is 11.5 Å². The molecule has 0 saturated carbocycles. The molecule has 0 amide bonds. The summed E-state index contributed by atoms with van der Waals surface area (Å²) < 4.78 is 11.8. The Morgan fingerprint density at radius 1 is 0.463 bits per heavy atom. The van der Waals surface area contributed by atoms with Crippen molar-refractivity contribution >= 4 is 83.4 Å². The van der Waals surface area contributed by atoms with Crippen LogP contribution < -0.4 is 36.1 Å². The smallest absolute Gasteiger partial charge is 0.220 e. The molecule has 0 bridgehead atoms. The first-order valence-electron chi connectivity index (χ1n) is 23.1. The summed E-state index contributed by atoms with van der Waals surface area (Å²) in [6, 6.07) is 77.7. The van der Waals surface area contributed by atoms with Gasteiger partial charge in [0.1, 0.15) is 27.6 Å². The molecule has 0 spiro atoms. The summed E-state index contributed by atoms with van der Waals surface area (Å²) in [7, 11) is -8.81. The minimum atomic E-state index is -3.32. The van der Waals surface area contributed by atoms with Crippen molar-refractivity contribution in [3.05, 3.63) is 236 Å². The molecule has 5 heterocycles. The van der Waals surface area contributed by atoms with Gasteiger partial charge in [0, 0.05) is 44.5 Å². The minimum Gasteiger partial charge on any atom is -0.457 e. The van der Waals surface area contributed by atoms with Crippen molar-refractivity contribution in [2.24, 2.45) is 0 Å². The van der Waals surface area contributed by atoms with Crippen LogP contribution in [0.4, 0.5) is 0 Å². The molecule has 1 aliphatic rings. The van der Waals surface area contributed by atoms with E-state index in [-0.39, 0.29) is 0 Å². The number of hydrogen-bond donors (Lipinski definition) is 0. The molecule has 12 rings (SSSR count). The van der Waals surface area contributed by atoms with Crippen molar-refractivity contribution in [1.82, 2.24) is 23.9 Å². The fraction of sp³-hybridized carbons (Fsp3) is 0.0862. The molecule has 0 atom stereocenters. The number of imidazole rings is 2. The van der Waals surface area contributed by atoms with Crippen LogP contribution in [0.25, 0.3) is 33.5 Å². The lowest BCUT2D eigenvalue weighted by molar-refractivity contribution is 0.453. The lowest BCUT2D eigenvalue weighted by Gasteiger charge is -2.57. The second-order valence-electron chi connectivity index (χ2n) is 18.8. The third-order valence-corrected chi connectivity index (χ3v) is 31.4. The third kappa shape index (κ3) is 5.81. The van der Waals surface area contributed by atoms with Crippen molar-refractivity contribution in [3.63, 3.8) is 0 Å². The number of hydrogen-bond acceptors (Lipinski definition) is 4. The van der Waals surface area contributed by atoms with Crippen molar-refractivity contribution < 1.29 is 4.74 Å². The molecule has 1 aliphatic heterocycles. The van der Waals surface area contributed by atoms with E-state index in [1.807, 2.05) is 24.5 Å². The molecule has 11 aromatic rings. The van der Waals surface area contributed by atoms with Gasteiger partial charge in [-0.15, -0.1) is 0 Å². The Labute approximate surface area is 393 Å². The predicted octanol–water partition coefficient (Wildman–Crippen LogP) is 9.30. The van der Waals surface area contributed by atoms with Gasteiger partial charge < -0.3 is 4.74 Å². The molecule has 0 saturated heterocycles. The Kier molecular flexibility index (Phi) is 9.55. The Bertz CT molecular complexity index is 3540. The molecule has 7 aromatic carbocycles. The summed E-state index contributed by atoms with van der Waals surface area (Å²) in [5.41, 5.74) is 7.80. The molecular formula is C58H49N5OSi3. The van der Waals surface area contributed by atoms with Gasteiger partial charge >= 0.3 is 0 Å². The molecule has 9 heteroatoms. The molecule has 0 radical (unpaired) electrons. The maximum atomic E-state index is 7.67. The Morgan fingerprint density at radius 2 is 1.00 bits per heavy atom. The maximum Gasteiger partial charge on any atom is 0.220 e. The summed E-state index contributed by atoms with van der Waals surface area (Å²) in [6.45, 7) is 10.1. The van der Waals surface area contributed by atoms with Crippen LogP contribution in [0, 0.1) is 0 Å². The molecule has 0 fully saturated rings. The fourth-order valence-corrected chi connectivity index (χ4v) is 30.2. The highest BCUT2D eigenvalue weighted by Gasteiger charge is 2.65. The number of benzene rings is 7. The first-order chi connectivity index (χ1) is 32.8. The average Bonchev–Trinajstić information content (AvgIpc) is 3.92. The topological polar surface area (TPSA) is 57.2 Å². The summed E-state index contributed by atoms with van der Waals surface area (Å²) in [5, 5.41) is 7.34. The second kappa shape index (κ2) is 15.6. The van der Waals surface area contributed by atoms with Crippen LogP contribution in [0.3, 0.4) is 0 Å². The SMILES string of the molecule is C[Si](C)(c1ccccn1)C1([Si](C)(C)c2ccccn2)c2ccccc2Oc2c1cccc2[Si](c1ccccc1)(c1ccccc1)c1cccc(-n2c3ccccc3n3c4ccccc4nc23)c1. The number of nitrogens with zero attached hydrogens (tertiary/aromatic N) is 5. The second-order valence-corrected chi connectivity index (χ2v) is 32.1. The van der Waals surface area contributed by atoms with Gasteiger partial charge in [0.05, 0.1) is 22.1 Å². The zero-order chi connectivity index (χ0) is 45.4. The highest BCUT2D eigenvalue weighted by atomic mass is 28.4. The number of aromatic nitrogens is 5. The van der Waals surface area contributed by atoms with E-state index in [4.69, 9.17) is 19.7 Å². The number of para-hydroxylation sites is 6. The zero-order valence-electron chi connectivity index (χ0n) is 38.0. The van der Waals surface area contributed by atoms with E-state index in [1.54, 1.807) is 0 Å². The largest absolute Gasteiger partial charge is 0.457 e. The van der Waals surface area contributed by atoms with E-state index in [0.717, 1.165) is 45.0 Å². The molecule has 67 heavy (non-hydrogen) atoms.